The molecule has 0 saturated carbocycles. The van der Waals surface area contributed by atoms with Crippen LogP contribution in [0.2, 0.25) is 0 Å². The minimum Gasteiger partial charge on any atom is -0.490 e. The first-order valence-electron chi connectivity index (χ1n) is 5.71. The van der Waals surface area contributed by atoms with Gasteiger partial charge in [-0.15, -0.1) is 0 Å². The number of anilines is 2. The van der Waals surface area contributed by atoms with Crippen molar-refractivity contribution in [2.45, 2.75) is 25.9 Å². The number of hydrogen-bond acceptors (Lipinski definition) is 6. The molecule has 0 spiro atoms. The summed E-state index contributed by atoms with van der Waals surface area (Å²) >= 11 is 0. The Hall–Kier alpha value is -1.56. The highest BCUT2D eigenvalue weighted by Gasteiger charge is 2.11. The normalized spacial score (nSPS) is 12.0. The first-order valence-corrected chi connectivity index (χ1v) is 5.71. The van der Waals surface area contributed by atoms with Gasteiger partial charge in [0.2, 0.25) is 5.75 Å². The van der Waals surface area contributed by atoms with E-state index in [0.29, 0.717) is 23.9 Å². The fraction of sp³-hybridized carbons (Fsp3) is 0.636. The van der Waals surface area contributed by atoms with Crippen LogP contribution < -0.4 is 15.4 Å². The third kappa shape index (κ3) is 3.74. The topological polar surface area (TPSA) is 79.3 Å². The molecule has 0 amide bonds. The Labute approximate surface area is 101 Å². The summed E-state index contributed by atoms with van der Waals surface area (Å²) in [6, 6.07) is 0. The van der Waals surface area contributed by atoms with Crippen LogP contribution in [0.15, 0.2) is 6.33 Å². The number of nitrogens with zero attached hydrogens (tertiary/aromatic N) is 2. The summed E-state index contributed by atoms with van der Waals surface area (Å²) in [5.74, 6) is 1.76. The molecule has 1 heterocycles. The lowest BCUT2D eigenvalue weighted by Gasteiger charge is -2.14. The maximum Gasteiger partial charge on any atom is 0.204 e. The van der Waals surface area contributed by atoms with Crippen LogP contribution in [0.4, 0.5) is 11.6 Å². The van der Waals surface area contributed by atoms with Gasteiger partial charge in [0.25, 0.3) is 0 Å². The van der Waals surface area contributed by atoms with Crippen LogP contribution >= 0.6 is 0 Å². The Morgan fingerprint density at radius 2 is 2.12 bits per heavy atom. The van der Waals surface area contributed by atoms with E-state index in [2.05, 4.69) is 20.6 Å². The average molecular weight is 240 g/mol. The second kappa shape index (κ2) is 6.90. The van der Waals surface area contributed by atoms with Gasteiger partial charge in [-0.25, -0.2) is 9.97 Å². The van der Waals surface area contributed by atoms with Crippen LogP contribution in [0.25, 0.3) is 0 Å². The molecule has 1 rings (SSSR count). The van der Waals surface area contributed by atoms with E-state index >= 15 is 0 Å². The van der Waals surface area contributed by atoms with E-state index in [1.807, 2.05) is 6.92 Å². The third-order valence-electron chi connectivity index (χ3n) is 2.37. The van der Waals surface area contributed by atoms with Crippen molar-refractivity contribution in [2.75, 3.05) is 31.3 Å². The first kappa shape index (κ1) is 13.5. The molecule has 0 saturated heterocycles. The van der Waals surface area contributed by atoms with Crippen molar-refractivity contribution >= 4 is 11.6 Å². The molecule has 0 fully saturated rings. The molecular weight excluding hydrogens is 220 g/mol. The SMILES string of the molecule is CCCC(O)CNc1ncnc(NC)c1OC. The fourth-order valence-electron chi connectivity index (χ4n) is 1.52. The van der Waals surface area contributed by atoms with Gasteiger partial charge in [0, 0.05) is 13.6 Å². The van der Waals surface area contributed by atoms with Gasteiger partial charge in [-0.2, -0.15) is 0 Å². The van der Waals surface area contributed by atoms with E-state index in [4.69, 9.17) is 4.74 Å². The maximum atomic E-state index is 9.64. The lowest BCUT2D eigenvalue weighted by atomic mass is 10.2. The molecule has 0 aliphatic heterocycles. The number of hydrogen-bond donors (Lipinski definition) is 3. The second-order valence-electron chi connectivity index (χ2n) is 3.68. The number of ether oxygens (including phenoxy) is 1. The van der Waals surface area contributed by atoms with Crippen molar-refractivity contribution < 1.29 is 9.84 Å². The molecule has 96 valence electrons. The number of rotatable bonds is 7. The monoisotopic (exact) mass is 240 g/mol. The molecule has 0 radical (unpaired) electrons. The van der Waals surface area contributed by atoms with E-state index in [1.54, 1.807) is 14.2 Å². The Kier molecular flexibility index (Phi) is 5.48. The summed E-state index contributed by atoms with van der Waals surface area (Å²) in [6.45, 7) is 2.48. The molecule has 3 N–H and O–H groups in total. The average Bonchev–Trinajstić information content (AvgIpc) is 2.36. The van der Waals surface area contributed by atoms with Crippen molar-refractivity contribution in [1.82, 2.24) is 9.97 Å². The summed E-state index contributed by atoms with van der Waals surface area (Å²) in [5.41, 5.74) is 0. The zero-order valence-electron chi connectivity index (χ0n) is 10.5. The molecule has 1 aromatic heterocycles. The number of methoxy groups -OCH3 is 1. The van der Waals surface area contributed by atoms with Crippen molar-refractivity contribution in [3.05, 3.63) is 6.33 Å². The van der Waals surface area contributed by atoms with Crippen molar-refractivity contribution in [3.8, 4) is 5.75 Å². The highest BCUT2D eigenvalue weighted by molar-refractivity contribution is 5.63. The number of aliphatic hydroxyl groups excluding tert-OH is 1. The maximum absolute atomic E-state index is 9.64. The van der Waals surface area contributed by atoms with E-state index < -0.39 is 0 Å². The first-order chi connectivity index (χ1) is 8.22. The van der Waals surface area contributed by atoms with Crippen molar-refractivity contribution in [1.29, 1.82) is 0 Å². The molecule has 1 aromatic rings. The van der Waals surface area contributed by atoms with E-state index in [-0.39, 0.29) is 6.10 Å². The number of aromatic nitrogens is 2. The summed E-state index contributed by atoms with van der Waals surface area (Å²) in [5, 5.41) is 15.6. The second-order valence-corrected chi connectivity index (χ2v) is 3.68. The lowest BCUT2D eigenvalue weighted by Crippen LogP contribution is -2.20. The number of aliphatic hydroxyl groups is 1. The fourth-order valence-corrected chi connectivity index (χ4v) is 1.52. The minimum absolute atomic E-state index is 0.377. The summed E-state index contributed by atoms with van der Waals surface area (Å²) in [6.07, 6.45) is 2.78. The minimum atomic E-state index is -0.377. The summed E-state index contributed by atoms with van der Waals surface area (Å²) in [7, 11) is 3.33. The molecule has 0 aliphatic rings. The molecule has 0 bridgehead atoms. The van der Waals surface area contributed by atoms with Crippen LogP contribution in [-0.4, -0.2) is 41.9 Å². The van der Waals surface area contributed by atoms with Crippen LogP contribution in [0, 0.1) is 0 Å². The van der Waals surface area contributed by atoms with E-state index in [0.717, 1.165) is 12.8 Å². The van der Waals surface area contributed by atoms with E-state index in [1.165, 1.54) is 6.33 Å². The third-order valence-corrected chi connectivity index (χ3v) is 2.37. The molecule has 0 aliphatic carbocycles. The van der Waals surface area contributed by atoms with Crippen LogP contribution in [0.3, 0.4) is 0 Å². The van der Waals surface area contributed by atoms with Gasteiger partial charge in [-0.1, -0.05) is 13.3 Å². The van der Waals surface area contributed by atoms with Gasteiger partial charge < -0.3 is 20.5 Å². The van der Waals surface area contributed by atoms with Gasteiger partial charge in [0.1, 0.15) is 6.33 Å². The van der Waals surface area contributed by atoms with Gasteiger partial charge in [0.05, 0.1) is 13.2 Å². The van der Waals surface area contributed by atoms with Crippen molar-refractivity contribution in [3.63, 3.8) is 0 Å². The Balaban J connectivity index is 2.70. The Morgan fingerprint density at radius 3 is 2.71 bits per heavy atom. The molecule has 6 nitrogen and oxygen atoms in total. The van der Waals surface area contributed by atoms with Gasteiger partial charge in [-0.05, 0) is 6.42 Å². The van der Waals surface area contributed by atoms with Crippen molar-refractivity contribution in [2.24, 2.45) is 0 Å². The molecule has 1 atom stereocenters. The van der Waals surface area contributed by atoms with Gasteiger partial charge in [-0.3, -0.25) is 0 Å². The van der Waals surface area contributed by atoms with Crippen LogP contribution in [-0.2, 0) is 0 Å². The standard InChI is InChI=1S/C11H20N4O2/c1-4-5-8(16)6-13-11-9(17-3)10(12-2)14-7-15-11/h7-8,16H,4-6H2,1-3H3,(H2,12,13,14,15). The highest BCUT2D eigenvalue weighted by Crippen LogP contribution is 2.28. The summed E-state index contributed by atoms with van der Waals surface area (Å²) in [4.78, 5) is 8.13. The zero-order chi connectivity index (χ0) is 12.7. The van der Waals surface area contributed by atoms with Crippen LogP contribution in [0.5, 0.6) is 5.75 Å². The number of nitrogens with one attached hydrogen (secondary N) is 2. The molecule has 1 unspecified atom stereocenters. The quantitative estimate of drug-likeness (QED) is 0.662. The summed E-state index contributed by atoms with van der Waals surface area (Å²) < 4.78 is 5.23. The van der Waals surface area contributed by atoms with Gasteiger partial charge >= 0.3 is 0 Å². The molecule has 6 heteroatoms. The molecule has 17 heavy (non-hydrogen) atoms. The lowest BCUT2D eigenvalue weighted by molar-refractivity contribution is 0.176. The van der Waals surface area contributed by atoms with E-state index in [9.17, 15) is 5.11 Å². The largest absolute Gasteiger partial charge is 0.490 e. The molecule has 0 aromatic carbocycles. The zero-order valence-corrected chi connectivity index (χ0v) is 10.5. The van der Waals surface area contributed by atoms with Gasteiger partial charge in [0.15, 0.2) is 11.6 Å². The van der Waals surface area contributed by atoms with Crippen LogP contribution in [0.1, 0.15) is 19.8 Å². The molecular formula is C11H20N4O2. The Morgan fingerprint density at radius 1 is 1.41 bits per heavy atom. The predicted octanol–water partition coefficient (Wildman–Crippen LogP) is 1.10. The predicted molar refractivity (Wildman–Crippen MR) is 67.5 cm³/mol. The smallest absolute Gasteiger partial charge is 0.204 e. The highest BCUT2D eigenvalue weighted by atomic mass is 16.5. The Bertz CT molecular complexity index is 346.